The maximum atomic E-state index is 12.0. The summed E-state index contributed by atoms with van der Waals surface area (Å²) in [5.74, 6) is 6.03. The summed E-state index contributed by atoms with van der Waals surface area (Å²) in [6, 6.07) is 5.24. The Balaban J connectivity index is 2.03. The number of hydrogen-bond donors (Lipinski definition) is 3. The average molecular weight is 261 g/mol. The van der Waals surface area contributed by atoms with Crippen molar-refractivity contribution in [2.75, 3.05) is 5.43 Å². The number of hydrogen-bond acceptors (Lipinski definition) is 6. The highest BCUT2D eigenvalue weighted by molar-refractivity contribution is 5.95. The molecule has 1 aromatic carbocycles. The Morgan fingerprint density at radius 2 is 2.21 bits per heavy atom. The van der Waals surface area contributed by atoms with Gasteiger partial charge in [-0.15, -0.1) is 0 Å². The van der Waals surface area contributed by atoms with Gasteiger partial charge in [-0.3, -0.25) is 10.6 Å². The van der Waals surface area contributed by atoms with Gasteiger partial charge in [0.25, 0.3) is 5.91 Å². The second-order valence-corrected chi connectivity index (χ2v) is 4.09. The molecule has 0 aliphatic carbocycles. The normalized spacial score (nSPS) is 10.3. The summed E-state index contributed by atoms with van der Waals surface area (Å²) >= 11 is 0. The maximum Gasteiger partial charge on any atom is 0.251 e. The van der Waals surface area contributed by atoms with Crippen LogP contribution in [0.25, 0.3) is 0 Å². The summed E-state index contributed by atoms with van der Waals surface area (Å²) in [6.07, 6.45) is 0. The number of aromatic nitrogens is 2. The fourth-order valence-electron chi connectivity index (χ4n) is 1.67. The van der Waals surface area contributed by atoms with Gasteiger partial charge in [-0.05, 0) is 37.6 Å². The van der Waals surface area contributed by atoms with Gasteiger partial charge in [-0.1, -0.05) is 5.16 Å². The Kier molecular flexibility index (Phi) is 3.76. The van der Waals surface area contributed by atoms with Crippen LogP contribution in [0.2, 0.25) is 0 Å². The van der Waals surface area contributed by atoms with Crippen LogP contribution in [0.1, 0.15) is 27.6 Å². The van der Waals surface area contributed by atoms with E-state index in [-0.39, 0.29) is 12.5 Å². The van der Waals surface area contributed by atoms with Crippen molar-refractivity contribution >= 4 is 11.6 Å². The summed E-state index contributed by atoms with van der Waals surface area (Å²) in [6.45, 7) is 3.76. The SMILES string of the molecule is Cc1noc(CNC(=O)c2ccc(NN)cc2C)n1. The first-order chi connectivity index (χ1) is 9.10. The van der Waals surface area contributed by atoms with E-state index in [0.29, 0.717) is 17.3 Å². The van der Waals surface area contributed by atoms with Crippen LogP contribution in [0.4, 0.5) is 5.69 Å². The minimum atomic E-state index is -0.197. The molecule has 19 heavy (non-hydrogen) atoms. The summed E-state index contributed by atoms with van der Waals surface area (Å²) in [7, 11) is 0. The Hall–Kier alpha value is -2.41. The molecule has 0 atom stereocenters. The Bertz CT molecular complexity index is 594. The smallest absolute Gasteiger partial charge is 0.251 e. The molecule has 1 aromatic heterocycles. The third-order valence-corrected chi connectivity index (χ3v) is 2.61. The number of nitrogens with zero attached hydrogens (tertiary/aromatic N) is 2. The Morgan fingerprint density at radius 3 is 2.79 bits per heavy atom. The molecule has 0 saturated heterocycles. The fourth-order valence-corrected chi connectivity index (χ4v) is 1.67. The van der Waals surface area contributed by atoms with E-state index in [9.17, 15) is 4.79 Å². The first-order valence-corrected chi connectivity index (χ1v) is 5.75. The number of benzene rings is 1. The van der Waals surface area contributed by atoms with Crippen LogP contribution >= 0.6 is 0 Å². The molecule has 0 aliphatic rings. The standard InChI is InChI=1S/C12H15N5O2/c1-7-5-9(16-13)3-4-10(7)12(18)14-6-11-15-8(2)17-19-11/h3-5,16H,6,13H2,1-2H3,(H,14,18). The molecule has 0 bridgehead atoms. The number of amides is 1. The molecule has 2 aromatic rings. The molecule has 4 N–H and O–H groups in total. The van der Waals surface area contributed by atoms with E-state index < -0.39 is 0 Å². The molecule has 1 heterocycles. The monoisotopic (exact) mass is 261 g/mol. The first-order valence-electron chi connectivity index (χ1n) is 5.75. The number of carbonyl (C=O) groups excluding carboxylic acids is 1. The van der Waals surface area contributed by atoms with Crippen molar-refractivity contribution in [3.05, 3.63) is 41.0 Å². The van der Waals surface area contributed by atoms with Gasteiger partial charge in [-0.25, -0.2) is 0 Å². The van der Waals surface area contributed by atoms with E-state index in [1.165, 1.54) is 0 Å². The summed E-state index contributed by atoms with van der Waals surface area (Å²) < 4.78 is 4.91. The molecule has 100 valence electrons. The molecule has 0 aliphatic heterocycles. The molecule has 0 radical (unpaired) electrons. The molecule has 7 nitrogen and oxygen atoms in total. The van der Waals surface area contributed by atoms with Crippen molar-refractivity contribution in [3.63, 3.8) is 0 Å². The van der Waals surface area contributed by atoms with Crippen molar-refractivity contribution < 1.29 is 9.32 Å². The van der Waals surface area contributed by atoms with E-state index in [4.69, 9.17) is 10.4 Å². The molecule has 7 heteroatoms. The van der Waals surface area contributed by atoms with Crippen LogP contribution < -0.4 is 16.6 Å². The minimum absolute atomic E-state index is 0.197. The maximum absolute atomic E-state index is 12.0. The fraction of sp³-hybridized carbons (Fsp3) is 0.250. The third kappa shape index (κ3) is 3.08. The largest absolute Gasteiger partial charge is 0.343 e. The number of nitrogens with two attached hydrogens (primary N) is 1. The van der Waals surface area contributed by atoms with Crippen molar-refractivity contribution in [2.45, 2.75) is 20.4 Å². The summed E-state index contributed by atoms with van der Waals surface area (Å²) in [4.78, 5) is 16.0. The molecule has 0 fully saturated rings. The third-order valence-electron chi connectivity index (χ3n) is 2.61. The summed E-state index contributed by atoms with van der Waals surface area (Å²) in [5, 5.41) is 6.37. The van der Waals surface area contributed by atoms with Crippen LogP contribution in [0.5, 0.6) is 0 Å². The predicted octanol–water partition coefficient (Wildman–Crippen LogP) is 0.902. The lowest BCUT2D eigenvalue weighted by molar-refractivity contribution is 0.0945. The van der Waals surface area contributed by atoms with E-state index in [1.807, 2.05) is 6.92 Å². The predicted molar refractivity (Wildman–Crippen MR) is 69.2 cm³/mol. The van der Waals surface area contributed by atoms with Gasteiger partial charge in [0.05, 0.1) is 6.54 Å². The van der Waals surface area contributed by atoms with E-state index in [0.717, 1.165) is 11.3 Å². The van der Waals surface area contributed by atoms with Gasteiger partial charge >= 0.3 is 0 Å². The molecule has 1 amide bonds. The zero-order chi connectivity index (χ0) is 13.8. The number of anilines is 1. The zero-order valence-electron chi connectivity index (χ0n) is 10.7. The van der Waals surface area contributed by atoms with Crippen molar-refractivity contribution in [1.29, 1.82) is 0 Å². The second kappa shape index (κ2) is 5.49. The number of carbonyl (C=O) groups is 1. The topological polar surface area (TPSA) is 106 Å². The van der Waals surface area contributed by atoms with Crippen LogP contribution in [0, 0.1) is 13.8 Å². The van der Waals surface area contributed by atoms with Gasteiger partial charge in [0.15, 0.2) is 5.82 Å². The zero-order valence-corrected chi connectivity index (χ0v) is 10.7. The summed E-state index contributed by atoms with van der Waals surface area (Å²) in [5.41, 5.74) is 4.69. The van der Waals surface area contributed by atoms with E-state index in [1.54, 1.807) is 25.1 Å². The Labute approximate surface area is 110 Å². The van der Waals surface area contributed by atoms with Gasteiger partial charge < -0.3 is 15.3 Å². The van der Waals surface area contributed by atoms with Crippen molar-refractivity contribution in [3.8, 4) is 0 Å². The number of aryl methyl sites for hydroxylation is 2. The van der Waals surface area contributed by atoms with Gasteiger partial charge in [0, 0.05) is 11.3 Å². The van der Waals surface area contributed by atoms with E-state index in [2.05, 4.69) is 20.9 Å². The first kappa shape index (κ1) is 13.0. The molecule has 0 saturated carbocycles. The highest BCUT2D eigenvalue weighted by Gasteiger charge is 2.11. The molecule has 2 rings (SSSR count). The van der Waals surface area contributed by atoms with E-state index >= 15 is 0 Å². The van der Waals surface area contributed by atoms with Crippen LogP contribution in [-0.4, -0.2) is 16.0 Å². The quantitative estimate of drug-likeness (QED) is 0.557. The molecular formula is C12H15N5O2. The lowest BCUT2D eigenvalue weighted by atomic mass is 10.1. The number of hydrazine groups is 1. The van der Waals surface area contributed by atoms with Crippen LogP contribution in [-0.2, 0) is 6.54 Å². The lowest BCUT2D eigenvalue weighted by Crippen LogP contribution is -2.24. The lowest BCUT2D eigenvalue weighted by Gasteiger charge is -2.08. The minimum Gasteiger partial charge on any atom is -0.343 e. The van der Waals surface area contributed by atoms with Crippen LogP contribution in [0.15, 0.2) is 22.7 Å². The molecular weight excluding hydrogens is 246 g/mol. The highest BCUT2D eigenvalue weighted by atomic mass is 16.5. The van der Waals surface area contributed by atoms with Crippen molar-refractivity contribution in [2.24, 2.45) is 5.84 Å². The van der Waals surface area contributed by atoms with Gasteiger partial charge in [0.1, 0.15) is 0 Å². The number of nitrogen functional groups attached to an aromatic ring is 1. The van der Waals surface area contributed by atoms with Crippen molar-refractivity contribution in [1.82, 2.24) is 15.5 Å². The van der Waals surface area contributed by atoms with Gasteiger partial charge in [-0.2, -0.15) is 4.98 Å². The molecule has 0 unspecified atom stereocenters. The van der Waals surface area contributed by atoms with Gasteiger partial charge in [0.2, 0.25) is 5.89 Å². The number of nitrogens with one attached hydrogen (secondary N) is 2. The Morgan fingerprint density at radius 1 is 1.42 bits per heavy atom. The second-order valence-electron chi connectivity index (χ2n) is 4.09. The molecule has 0 spiro atoms. The number of rotatable bonds is 4. The average Bonchev–Trinajstić information content (AvgIpc) is 2.81. The van der Waals surface area contributed by atoms with Crippen LogP contribution in [0.3, 0.4) is 0 Å². The highest BCUT2D eigenvalue weighted by Crippen LogP contribution is 2.14.